The molecule has 1 N–H and O–H groups in total. The third kappa shape index (κ3) is 3.35. The highest BCUT2D eigenvalue weighted by Crippen LogP contribution is 2.32. The Kier molecular flexibility index (Phi) is 5.37. The minimum atomic E-state index is 0.427. The largest absolute Gasteiger partial charge is 0.380 e. The maximum Gasteiger partial charge on any atom is 0.0593 e. The molecule has 3 nitrogen and oxygen atoms in total. The summed E-state index contributed by atoms with van der Waals surface area (Å²) in [7, 11) is 4.28. The van der Waals surface area contributed by atoms with Gasteiger partial charge in [0.05, 0.1) is 6.61 Å². The number of fused-ring (bicyclic) bond motifs is 1. The van der Waals surface area contributed by atoms with Gasteiger partial charge in [-0.1, -0.05) is 24.3 Å². The molecule has 0 saturated heterocycles. The van der Waals surface area contributed by atoms with Gasteiger partial charge in [-0.2, -0.15) is 0 Å². The third-order valence-electron chi connectivity index (χ3n) is 4.15. The van der Waals surface area contributed by atoms with Crippen LogP contribution in [0.5, 0.6) is 0 Å². The molecule has 1 aromatic carbocycles. The van der Waals surface area contributed by atoms with Gasteiger partial charge in [-0.05, 0) is 45.0 Å². The van der Waals surface area contributed by atoms with Crippen molar-refractivity contribution in [1.82, 2.24) is 10.2 Å². The van der Waals surface area contributed by atoms with Gasteiger partial charge in [0.25, 0.3) is 0 Å². The van der Waals surface area contributed by atoms with Gasteiger partial charge in [-0.25, -0.2) is 0 Å². The number of hydrogen-bond acceptors (Lipinski definition) is 3. The summed E-state index contributed by atoms with van der Waals surface area (Å²) in [5.41, 5.74) is 2.96. The standard InChI is InChI=1S/C16H26N2O/c1-4-19-12-11-18(3)15-10-9-13-7-5-6-8-14(13)16(15)17-2/h5-8,15-17H,4,9-12H2,1-3H3. The zero-order chi connectivity index (χ0) is 13.7. The Morgan fingerprint density at radius 1 is 1.37 bits per heavy atom. The quantitative estimate of drug-likeness (QED) is 0.796. The van der Waals surface area contributed by atoms with E-state index in [1.807, 2.05) is 6.92 Å². The summed E-state index contributed by atoms with van der Waals surface area (Å²) in [5.74, 6) is 0. The maximum atomic E-state index is 5.47. The Hall–Kier alpha value is -0.900. The molecule has 2 rings (SSSR count). The van der Waals surface area contributed by atoms with Crippen LogP contribution >= 0.6 is 0 Å². The zero-order valence-corrected chi connectivity index (χ0v) is 12.4. The first-order valence-electron chi connectivity index (χ1n) is 7.31. The number of aryl methyl sites for hydroxylation is 1. The van der Waals surface area contributed by atoms with Crippen molar-refractivity contribution in [1.29, 1.82) is 0 Å². The molecule has 3 heteroatoms. The van der Waals surface area contributed by atoms with Gasteiger partial charge in [-0.15, -0.1) is 0 Å². The summed E-state index contributed by atoms with van der Waals surface area (Å²) in [6, 6.07) is 9.79. The third-order valence-corrected chi connectivity index (χ3v) is 4.15. The van der Waals surface area contributed by atoms with Crippen molar-refractivity contribution in [2.24, 2.45) is 0 Å². The van der Waals surface area contributed by atoms with Crippen LogP contribution < -0.4 is 5.32 Å². The molecule has 106 valence electrons. The minimum absolute atomic E-state index is 0.427. The highest BCUT2D eigenvalue weighted by molar-refractivity contribution is 5.33. The lowest BCUT2D eigenvalue weighted by atomic mass is 9.83. The molecule has 0 aliphatic heterocycles. The Morgan fingerprint density at radius 2 is 2.16 bits per heavy atom. The fourth-order valence-corrected chi connectivity index (χ4v) is 3.08. The van der Waals surface area contributed by atoms with Crippen LogP contribution in [0, 0.1) is 0 Å². The Balaban J connectivity index is 2.06. The lowest BCUT2D eigenvalue weighted by molar-refractivity contribution is 0.0929. The fraction of sp³-hybridized carbons (Fsp3) is 0.625. The van der Waals surface area contributed by atoms with E-state index in [1.165, 1.54) is 24.0 Å². The Labute approximate surface area is 116 Å². The van der Waals surface area contributed by atoms with Crippen molar-refractivity contribution in [3.8, 4) is 0 Å². The molecule has 0 saturated carbocycles. The number of ether oxygens (including phenoxy) is 1. The second-order valence-corrected chi connectivity index (χ2v) is 5.25. The van der Waals surface area contributed by atoms with E-state index >= 15 is 0 Å². The van der Waals surface area contributed by atoms with E-state index in [-0.39, 0.29) is 0 Å². The molecule has 0 bridgehead atoms. The van der Waals surface area contributed by atoms with Crippen LogP contribution in [0.2, 0.25) is 0 Å². The molecule has 0 aromatic heterocycles. The van der Waals surface area contributed by atoms with Crippen LogP contribution in [0.15, 0.2) is 24.3 Å². The lowest BCUT2D eigenvalue weighted by Gasteiger charge is -2.39. The van der Waals surface area contributed by atoms with Crippen molar-refractivity contribution < 1.29 is 4.74 Å². The molecular formula is C16H26N2O. The molecule has 0 fully saturated rings. The minimum Gasteiger partial charge on any atom is -0.380 e. The second kappa shape index (κ2) is 7.04. The maximum absolute atomic E-state index is 5.47. The summed E-state index contributed by atoms with van der Waals surface area (Å²) in [6.07, 6.45) is 2.39. The second-order valence-electron chi connectivity index (χ2n) is 5.25. The molecule has 0 amide bonds. The number of nitrogens with one attached hydrogen (secondary N) is 1. The summed E-state index contributed by atoms with van der Waals surface area (Å²) < 4.78 is 5.47. The number of rotatable bonds is 6. The van der Waals surface area contributed by atoms with Crippen LogP contribution in [0.4, 0.5) is 0 Å². The first kappa shape index (κ1) is 14.5. The van der Waals surface area contributed by atoms with E-state index < -0.39 is 0 Å². The normalized spacial score (nSPS) is 22.5. The first-order valence-corrected chi connectivity index (χ1v) is 7.31. The summed E-state index contributed by atoms with van der Waals surface area (Å²) >= 11 is 0. The summed E-state index contributed by atoms with van der Waals surface area (Å²) in [6.45, 7) is 4.67. The lowest BCUT2D eigenvalue weighted by Crippen LogP contribution is -2.45. The number of nitrogens with zero attached hydrogens (tertiary/aromatic N) is 1. The van der Waals surface area contributed by atoms with Gasteiger partial charge < -0.3 is 10.1 Å². The average Bonchev–Trinajstić information content (AvgIpc) is 2.46. The van der Waals surface area contributed by atoms with Crippen molar-refractivity contribution in [2.75, 3.05) is 33.9 Å². The monoisotopic (exact) mass is 262 g/mol. The molecule has 1 aliphatic carbocycles. The number of benzene rings is 1. The smallest absolute Gasteiger partial charge is 0.0593 e. The zero-order valence-electron chi connectivity index (χ0n) is 12.4. The highest BCUT2D eigenvalue weighted by atomic mass is 16.5. The van der Waals surface area contributed by atoms with Gasteiger partial charge in [0.2, 0.25) is 0 Å². The molecule has 1 aromatic rings. The van der Waals surface area contributed by atoms with Crippen molar-refractivity contribution >= 4 is 0 Å². The SMILES string of the molecule is CCOCCN(C)C1CCc2ccccc2C1NC. The molecule has 0 spiro atoms. The topological polar surface area (TPSA) is 24.5 Å². The van der Waals surface area contributed by atoms with Crippen LogP contribution in [-0.4, -0.2) is 44.8 Å². The van der Waals surface area contributed by atoms with E-state index in [0.717, 1.165) is 19.8 Å². The van der Waals surface area contributed by atoms with Crippen LogP contribution in [0.25, 0.3) is 0 Å². The Morgan fingerprint density at radius 3 is 2.89 bits per heavy atom. The molecular weight excluding hydrogens is 236 g/mol. The first-order chi connectivity index (χ1) is 9.27. The van der Waals surface area contributed by atoms with E-state index in [9.17, 15) is 0 Å². The predicted octanol–water partition coefficient (Wildman–Crippen LogP) is 2.23. The fourth-order valence-electron chi connectivity index (χ4n) is 3.08. The van der Waals surface area contributed by atoms with Gasteiger partial charge in [0.1, 0.15) is 0 Å². The summed E-state index contributed by atoms with van der Waals surface area (Å²) in [4.78, 5) is 2.44. The predicted molar refractivity (Wildman–Crippen MR) is 79.5 cm³/mol. The number of likely N-dealkylation sites (N-methyl/N-ethyl adjacent to an activating group) is 2. The molecule has 1 aliphatic rings. The molecule has 0 heterocycles. The number of hydrogen-bond donors (Lipinski definition) is 1. The van der Waals surface area contributed by atoms with Gasteiger partial charge in [0.15, 0.2) is 0 Å². The Bertz CT molecular complexity index is 394. The molecule has 2 atom stereocenters. The average molecular weight is 262 g/mol. The van der Waals surface area contributed by atoms with Gasteiger partial charge in [0, 0.05) is 25.2 Å². The van der Waals surface area contributed by atoms with Crippen LogP contribution in [0.1, 0.15) is 30.5 Å². The van der Waals surface area contributed by atoms with Crippen molar-refractivity contribution in [3.05, 3.63) is 35.4 Å². The molecule has 0 radical (unpaired) electrons. The summed E-state index contributed by atoms with van der Waals surface area (Å²) in [5, 5.41) is 3.50. The van der Waals surface area contributed by atoms with Gasteiger partial charge >= 0.3 is 0 Å². The van der Waals surface area contributed by atoms with E-state index in [2.05, 4.69) is 48.6 Å². The van der Waals surface area contributed by atoms with E-state index in [0.29, 0.717) is 12.1 Å². The van der Waals surface area contributed by atoms with Gasteiger partial charge in [-0.3, -0.25) is 4.90 Å². The van der Waals surface area contributed by atoms with Crippen LogP contribution in [-0.2, 0) is 11.2 Å². The molecule has 2 unspecified atom stereocenters. The van der Waals surface area contributed by atoms with E-state index in [1.54, 1.807) is 0 Å². The van der Waals surface area contributed by atoms with E-state index in [4.69, 9.17) is 4.74 Å². The highest BCUT2D eigenvalue weighted by Gasteiger charge is 2.30. The van der Waals surface area contributed by atoms with Crippen LogP contribution in [0.3, 0.4) is 0 Å². The molecule has 19 heavy (non-hydrogen) atoms. The van der Waals surface area contributed by atoms with Crippen molar-refractivity contribution in [3.63, 3.8) is 0 Å². The van der Waals surface area contributed by atoms with Crippen molar-refractivity contribution in [2.45, 2.75) is 31.8 Å².